The lowest BCUT2D eigenvalue weighted by Crippen LogP contribution is -2.24. The minimum absolute atomic E-state index is 0.00250. The molecule has 0 fully saturated rings. The van der Waals surface area contributed by atoms with Crippen molar-refractivity contribution in [2.45, 2.75) is 19.9 Å². The van der Waals surface area contributed by atoms with Crippen molar-refractivity contribution in [1.82, 2.24) is 4.57 Å². The molecule has 1 heterocycles. The van der Waals surface area contributed by atoms with Crippen LogP contribution in [0.1, 0.15) is 12.1 Å². The number of methoxy groups -OCH3 is 1. The summed E-state index contributed by atoms with van der Waals surface area (Å²) < 4.78 is 6.68. The van der Waals surface area contributed by atoms with Gasteiger partial charge in [0.1, 0.15) is 0 Å². The van der Waals surface area contributed by atoms with E-state index < -0.39 is 0 Å². The number of nitrogens with two attached hydrogens (primary N) is 1. The lowest BCUT2D eigenvalue weighted by Gasteiger charge is -2.12. The van der Waals surface area contributed by atoms with Crippen molar-refractivity contribution in [3.8, 4) is 0 Å². The van der Waals surface area contributed by atoms with E-state index in [9.17, 15) is 4.79 Å². The van der Waals surface area contributed by atoms with E-state index in [0.29, 0.717) is 19.7 Å². The summed E-state index contributed by atoms with van der Waals surface area (Å²) in [5.74, 6) is 0. The maximum atomic E-state index is 11.8. The van der Waals surface area contributed by atoms with Crippen LogP contribution in [-0.4, -0.2) is 31.4 Å². The summed E-state index contributed by atoms with van der Waals surface area (Å²) in [5, 5.41) is 3.19. The van der Waals surface area contributed by atoms with Crippen molar-refractivity contribution in [2.75, 3.05) is 32.1 Å². The van der Waals surface area contributed by atoms with Gasteiger partial charge in [-0.1, -0.05) is 0 Å². The smallest absolute Gasteiger partial charge is 0.252 e. The van der Waals surface area contributed by atoms with E-state index >= 15 is 0 Å². The number of hydrogen-bond donors (Lipinski definition) is 2. The number of anilines is 1. The van der Waals surface area contributed by atoms with E-state index in [4.69, 9.17) is 10.5 Å². The maximum Gasteiger partial charge on any atom is 0.252 e. The van der Waals surface area contributed by atoms with Gasteiger partial charge in [0.2, 0.25) is 0 Å². The molecule has 0 unspecified atom stereocenters. The summed E-state index contributed by atoms with van der Waals surface area (Å²) in [6.45, 7) is 4.49. The van der Waals surface area contributed by atoms with Crippen LogP contribution in [0.15, 0.2) is 16.9 Å². The van der Waals surface area contributed by atoms with Crippen LogP contribution < -0.4 is 16.6 Å². The second kappa shape index (κ2) is 7.09. The number of rotatable bonds is 7. The first kappa shape index (κ1) is 13.7. The fraction of sp³-hybridized carbons (Fsp3) is 0.583. The highest BCUT2D eigenvalue weighted by atomic mass is 16.5. The molecule has 0 saturated carbocycles. The molecule has 0 bridgehead atoms. The van der Waals surface area contributed by atoms with Gasteiger partial charge in [0, 0.05) is 37.6 Å². The number of pyridine rings is 1. The van der Waals surface area contributed by atoms with Crippen LogP contribution in [0.5, 0.6) is 0 Å². The fourth-order valence-electron chi connectivity index (χ4n) is 1.64. The van der Waals surface area contributed by atoms with E-state index in [1.165, 1.54) is 0 Å². The largest absolute Gasteiger partial charge is 0.385 e. The van der Waals surface area contributed by atoms with Crippen molar-refractivity contribution in [3.05, 3.63) is 28.2 Å². The molecule has 96 valence electrons. The highest BCUT2D eigenvalue weighted by Gasteiger charge is 2.02. The summed E-state index contributed by atoms with van der Waals surface area (Å²) >= 11 is 0. The first-order valence-electron chi connectivity index (χ1n) is 5.83. The Bertz CT molecular complexity index is 401. The van der Waals surface area contributed by atoms with Gasteiger partial charge in [-0.3, -0.25) is 4.79 Å². The molecule has 0 spiro atoms. The summed E-state index contributed by atoms with van der Waals surface area (Å²) in [7, 11) is 1.63. The predicted molar refractivity (Wildman–Crippen MR) is 69.5 cm³/mol. The van der Waals surface area contributed by atoms with Crippen LogP contribution in [0.2, 0.25) is 0 Å². The van der Waals surface area contributed by atoms with Gasteiger partial charge in [-0.05, 0) is 26.0 Å². The zero-order chi connectivity index (χ0) is 12.7. The minimum atomic E-state index is -0.00250. The standard InChI is InChI=1S/C12H21N3O2/c1-10-8-11(14-5-3-4-13)9-12(16)15(10)6-7-17-2/h8-9,14H,3-7,13H2,1-2H3. The molecule has 1 aromatic heterocycles. The van der Waals surface area contributed by atoms with Crippen LogP contribution in [0.4, 0.5) is 5.69 Å². The Kier molecular flexibility index (Phi) is 5.72. The Hall–Kier alpha value is -1.33. The Morgan fingerprint density at radius 3 is 2.82 bits per heavy atom. The van der Waals surface area contributed by atoms with E-state index in [1.807, 2.05) is 13.0 Å². The molecule has 5 heteroatoms. The quantitative estimate of drug-likeness (QED) is 0.682. The zero-order valence-electron chi connectivity index (χ0n) is 10.5. The number of nitrogens with one attached hydrogen (secondary N) is 1. The lowest BCUT2D eigenvalue weighted by molar-refractivity contribution is 0.185. The number of aromatic nitrogens is 1. The molecule has 0 aromatic carbocycles. The van der Waals surface area contributed by atoms with E-state index in [-0.39, 0.29) is 5.56 Å². The molecule has 0 aliphatic heterocycles. The van der Waals surface area contributed by atoms with Crippen molar-refractivity contribution >= 4 is 5.69 Å². The van der Waals surface area contributed by atoms with Crippen LogP contribution in [-0.2, 0) is 11.3 Å². The molecule has 0 aliphatic carbocycles. The summed E-state index contributed by atoms with van der Waals surface area (Å²) in [4.78, 5) is 11.8. The van der Waals surface area contributed by atoms with Gasteiger partial charge in [-0.2, -0.15) is 0 Å². The molecular formula is C12H21N3O2. The van der Waals surface area contributed by atoms with Crippen LogP contribution in [0.25, 0.3) is 0 Å². The van der Waals surface area contributed by atoms with Gasteiger partial charge in [0.25, 0.3) is 5.56 Å². The van der Waals surface area contributed by atoms with E-state index in [1.54, 1.807) is 17.7 Å². The minimum Gasteiger partial charge on any atom is -0.385 e. The highest BCUT2D eigenvalue weighted by Crippen LogP contribution is 2.06. The molecule has 1 aromatic rings. The van der Waals surface area contributed by atoms with Gasteiger partial charge in [-0.15, -0.1) is 0 Å². The van der Waals surface area contributed by atoms with Gasteiger partial charge < -0.3 is 20.4 Å². The summed E-state index contributed by atoms with van der Waals surface area (Å²) in [6, 6.07) is 3.58. The number of aryl methyl sites for hydroxylation is 1. The topological polar surface area (TPSA) is 69.3 Å². The monoisotopic (exact) mass is 239 g/mol. The van der Waals surface area contributed by atoms with Crippen LogP contribution >= 0.6 is 0 Å². The molecule has 0 aliphatic rings. The first-order valence-corrected chi connectivity index (χ1v) is 5.83. The number of ether oxygens (including phenoxy) is 1. The third-order valence-electron chi connectivity index (χ3n) is 2.56. The third-order valence-corrected chi connectivity index (χ3v) is 2.56. The molecular weight excluding hydrogens is 218 g/mol. The van der Waals surface area contributed by atoms with Gasteiger partial charge in [-0.25, -0.2) is 0 Å². The van der Waals surface area contributed by atoms with Crippen LogP contribution in [0.3, 0.4) is 0 Å². The van der Waals surface area contributed by atoms with E-state index in [0.717, 1.165) is 24.3 Å². The fourth-order valence-corrected chi connectivity index (χ4v) is 1.64. The van der Waals surface area contributed by atoms with Crippen molar-refractivity contribution in [1.29, 1.82) is 0 Å². The summed E-state index contributed by atoms with van der Waals surface area (Å²) in [5.41, 5.74) is 7.20. The predicted octanol–water partition coefficient (Wildman–Crippen LogP) is 0.564. The van der Waals surface area contributed by atoms with Gasteiger partial charge in [0.05, 0.1) is 6.61 Å². The first-order chi connectivity index (χ1) is 8.19. The average molecular weight is 239 g/mol. The SMILES string of the molecule is COCCn1c(C)cc(NCCCN)cc1=O. The summed E-state index contributed by atoms with van der Waals surface area (Å²) in [6.07, 6.45) is 0.895. The van der Waals surface area contributed by atoms with E-state index in [2.05, 4.69) is 5.32 Å². The molecule has 3 N–H and O–H groups in total. The second-order valence-corrected chi connectivity index (χ2v) is 3.94. The van der Waals surface area contributed by atoms with Crippen molar-refractivity contribution < 1.29 is 4.74 Å². The molecule has 0 atom stereocenters. The Labute approximate surface area is 102 Å². The lowest BCUT2D eigenvalue weighted by atomic mass is 10.3. The zero-order valence-corrected chi connectivity index (χ0v) is 10.5. The van der Waals surface area contributed by atoms with Gasteiger partial charge >= 0.3 is 0 Å². The second-order valence-electron chi connectivity index (χ2n) is 3.94. The van der Waals surface area contributed by atoms with Crippen molar-refractivity contribution in [2.24, 2.45) is 5.73 Å². The molecule has 0 saturated heterocycles. The molecule has 5 nitrogen and oxygen atoms in total. The normalized spacial score (nSPS) is 10.5. The number of nitrogens with zero attached hydrogens (tertiary/aromatic N) is 1. The third kappa shape index (κ3) is 4.20. The Morgan fingerprint density at radius 2 is 2.24 bits per heavy atom. The Morgan fingerprint density at radius 1 is 1.47 bits per heavy atom. The molecule has 0 radical (unpaired) electrons. The van der Waals surface area contributed by atoms with Gasteiger partial charge in [0.15, 0.2) is 0 Å². The maximum absolute atomic E-state index is 11.8. The molecule has 17 heavy (non-hydrogen) atoms. The van der Waals surface area contributed by atoms with Crippen LogP contribution in [0, 0.1) is 6.92 Å². The Balaban J connectivity index is 2.75. The molecule has 0 amide bonds. The average Bonchev–Trinajstić information content (AvgIpc) is 2.28. The van der Waals surface area contributed by atoms with Crippen molar-refractivity contribution in [3.63, 3.8) is 0 Å². The number of hydrogen-bond acceptors (Lipinski definition) is 4. The molecule has 1 rings (SSSR count). The highest BCUT2D eigenvalue weighted by molar-refractivity contribution is 5.43.